The van der Waals surface area contributed by atoms with Gasteiger partial charge in [-0.25, -0.2) is 4.79 Å². The Bertz CT molecular complexity index is 537. The molecule has 0 aliphatic rings. The van der Waals surface area contributed by atoms with Crippen molar-refractivity contribution in [1.29, 1.82) is 0 Å². The highest BCUT2D eigenvalue weighted by Crippen LogP contribution is 2.13. The number of methoxy groups -OCH3 is 1. The smallest absolute Gasteiger partial charge is 0.328 e. The van der Waals surface area contributed by atoms with E-state index >= 15 is 0 Å². The first-order valence-corrected chi connectivity index (χ1v) is 6.75. The van der Waals surface area contributed by atoms with Crippen LogP contribution >= 0.6 is 0 Å². The number of carboxylic acids is 1. The maximum atomic E-state index is 12.2. The predicted octanol–water partition coefficient (Wildman–Crippen LogP) is 2.25. The summed E-state index contributed by atoms with van der Waals surface area (Å²) in [6, 6.07) is 5.28. The van der Waals surface area contributed by atoms with Crippen LogP contribution in [-0.2, 0) is 9.53 Å². The topological polar surface area (TPSA) is 75.6 Å². The van der Waals surface area contributed by atoms with Gasteiger partial charge < -0.3 is 15.2 Å². The highest BCUT2D eigenvalue weighted by Gasteiger charge is 2.12. The van der Waals surface area contributed by atoms with E-state index in [1.807, 2.05) is 13.8 Å². The van der Waals surface area contributed by atoms with Gasteiger partial charge in [0.15, 0.2) is 0 Å². The number of hydrogen-bond acceptors (Lipinski definition) is 3. The third-order valence-corrected chi connectivity index (χ3v) is 3.06. The van der Waals surface area contributed by atoms with Crippen molar-refractivity contribution in [2.75, 3.05) is 13.7 Å². The molecule has 0 aliphatic carbocycles. The number of nitrogens with one attached hydrogen (secondary N) is 1. The molecular formula is C16H21NO4. The fraction of sp³-hybridized carbons (Fsp3) is 0.375. The van der Waals surface area contributed by atoms with Gasteiger partial charge in [0.1, 0.15) is 0 Å². The molecule has 0 radical (unpaired) electrons. The summed E-state index contributed by atoms with van der Waals surface area (Å²) in [7, 11) is 1.62. The van der Waals surface area contributed by atoms with E-state index in [9.17, 15) is 9.59 Å². The summed E-state index contributed by atoms with van der Waals surface area (Å²) in [5.74, 6) is -1.18. The molecule has 1 atom stereocenters. The van der Waals surface area contributed by atoms with Crippen molar-refractivity contribution in [3.05, 3.63) is 41.0 Å². The van der Waals surface area contributed by atoms with Crippen LogP contribution in [0.5, 0.6) is 0 Å². The number of rotatable bonds is 7. The van der Waals surface area contributed by atoms with Gasteiger partial charge in [0, 0.05) is 31.4 Å². The Hall–Kier alpha value is -2.14. The minimum Gasteiger partial charge on any atom is -0.478 e. The summed E-state index contributed by atoms with van der Waals surface area (Å²) >= 11 is 0. The summed E-state index contributed by atoms with van der Waals surface area (Å²) in [5, 5.41) is 11.5. The lowest BCUT2D eigenvalue weighted by atomic mass is 10.0. The van der Waals surface area contributed by atoms with Gasteiger partial charge in [-0.2, -0.15) is 0 Å². The zero-order valence-corrected chi connectivity index (χ0v) is 12.6. The molecule has 0 bridgehead atoms. The number of carbonyl (C=O) groups is 2. The van der Waals surface area contributed by atoms with E-state index in [0.717, 1.165) is 18.1 Å². The van der Waals surface area contributed by atoms with Gasteiger partial charge in [-0.1, -0.05) is 12.1 Å². The van der Waals surface area contributed by atoms with Gasteiger partial charge in [-0.15, -0.1) is 0 Å². The Morgan fingerprint density at radius 2 is 2.14 bits per heavy atom. The van der Waals surface area contributed by atoms with Crippen LogP contribution in [0, 0.1) is 6.92 Å². The lowest BCUT2D eigenvalue weighted by Crippen LogP contribution is -2.33. The first-order valence-electron chi connectivity index (χ1n) is 6.75. The number of aliphatic carboxylic acids is 1. The fourth-order valence-electron chi connectivity index (χ4n) is 1.82. The average Bonchev–Trinajstić information content (AvgIpc) is 2.43. The van der Waals surface area contributed by atoms with Crippen molar-refractivity contribution in [2.24, 2.45) is 0 Å². The molecule has 1 aromatic rings. The van der Waals surface area contributed by atoms with Gasteiger partial charge in [-0.05, 0) is 43.5 Å². The van der Waals surface area contributed by atoms with Crippen LogP contribution in [0.2, 0.25) is 0 Å². The summed E-state index contributed by atoms with van der Waals surface area (Å²) in [6.07, 6.45) is 3.25. The van der Waals surface area contributed by atoms with Crippen molar-refractivity contribution in [3.63, 3.8) is 0 Å². The van der Waals surface area contributed by atoms with Crippen LogP contribution in [0.4, 0.5) is 0 Å². The van der Waals surface area contributed by atoms with E-state index in [1.54, 1.807) is 25.3 Å². The summed E-state index contributed by atoms with van der Waals surface area (Å²) in [5.41, 5.74) is 2.07. The molecule has 5 heteroatoms. The molecule has 5 nitrogen and oxygen atoms in total. The molecule has 2 N–H and O–H groups in total. The minimum absolute atomic E-state index is 0.00932. The third-order valence-electron chi connectivity index (χ3n) is 3.06. The SMILES string of the molecule is COCCC(C)NC(=O)c1cc(C=CC(=O)O)ccc1C. The minimum atomic E-state index is -1.02. The molecule has 1 unspecified atom stereocenters. The lowest BCUT2D eigenvalue weighted by Gasteiger charge is -2.14. The maximum Gasteiger partial charge on any atom is 0.328 e. The molecule has 21 heavy (non-hydrogen) atoms. The van der Waals surface area contributed by atoms with Crippen molar-refractivity contribution in [2.45, 2.75) is 26.3 Å². The number of aryl methyl sites for hydroxylation is 1. The van der Waals surface area contributed by atoms with E-state index < -0.39 is 5.97 Å². The first kappa shape index (κ1) is 16.9. The number of benzene rings is 1. The van der Waals surface area contributed by atoms with Gasteiger partial charge in [0.2, 0.25) is 0 Å². The molecule has 1 rings (SSSR count). The Kier molecular flexibility index (Phi) is 6.62. The molecule has 0 saturated carbocycles. The number of carboxylic acid groups (broad SMARTS) is 1. The largest absolute Gasteiger partial charge is 0.478 e. The Balaban J connectivity index is 2.83. The Labute approximate surface area is 124 Å². The van der Waals surface area contributed by atoms with E-state index in [2.05, 4.69) is 5.32 Å². The van der Waals surface area contributed by atoms with E-state index in [4.69, 9.17) is 9.84 Å². The second-order valence-corrected chi connectivity index (χ2v) is 4.90. The first-order chi connectivity index (χ1) is 9.93. The molecule has 0 heterocycles. The van der Waals surface area contributed by atoms with Gasteiger partial charge in [0.05, 0.1) is 0 Å². The van der Waals surface area contributed by atoms with Crippen LogP contribution in [0.3, 0.4) is 0 Å². The zero-order valence-electron chi connectivity index (χ0n) is 12.6. The van der Waals surface area contributed by atoms with Crippen LogP contribution < -0.4 is 5.32 Å². The molecule has 0 spiro atoms. The highest BCUT2D eigenvalue weighted by atomic mass is 16.5. The van der Waals surface area contributed by atoms with Crippen molar-refractivity contribution < 1.29 is 19.4 Å². The second kappa shape index (κ2) is 8.21. The third kappa shape index (κ3) is 5.79. The van der Waals surface area contributed by atoms with Gasteiger partial charge in [0.25, 0.3) is 5.91 Å². The molecule has 0 fully saturated rings. The fourth-order valence-corrected chi connectivity index (χ4v) is 1.82. The number of amides is 1. The molecule has 114 valence electrons. The zero-order chi connectivity index (χ0) is 15.8. The second-order valence-electron chi connectivity index (χ2n) is 4.90. The average molecular weight is 291 g/mol. The van der Waals surface area contributed by atoms with Crippen molar-refractivity contribution >= 4 is 18.0 Å². The van der Waals surface area contributed by atoms with E-state index in [0.29, 0.717) is 17.7 Å². The number of carbonyl (C=O) groups excluding carboxylic acids is 1. The van der Waals surface area contributed by atoms with Crippen molar-refractivity contribution in [3.8, 4) is 0 Å². The molecule has 0 saturated heterocycles. The van der Waals surface area contributed by atoms with Crippen LogP contribution in [0.1, 0.15) is 34.8 Å². The molecule has 1 aromatic carbocycles. The molecule has 0 aliphatic heterocycles. The predicted molar refractivity (Wildman–Crippen MR) is 81.3 cm³/mol. The summed E-state index contributed by atoms with van der Waals surface area (Å²) in [4.78, 5) is 22.8. The Morgan fingerprint density at radius 1 is 1.43 bits per heavy atom. The van der Waals surface area contributed by atoms with Gasteiger partial charge >= 0.3 is 5.97 Å². The Morgan fingerprint density at radius 3 is 2.76 bits per heavy atom. The summed E-state index contributed by atoms with van der Waals surface area (Å²) in [6.45, 7) is 4.35. The molecule has 0 aromatic heterocycles. The molecular weight excluding hydrogens is 270 g/mol. The quantitative estimate of drug-likeness (QED) is 0.755. The van der Waals surface area contributed by atoms with Gasteiger partial charge in [-0.3, -0.25) is 4.79 Å². The highest BCUT2D eigenvalue weighted by molar-refractivity contribution is 5.96. The van der Waals surface area contributed by atoms with E-state index in [1.165, 1.54) is 6.08 Å². The summed E-state index contributed by atoms with van der Waals surface area (Å²) < 4.78 is 4.98. The maximum absolute atomic E-state index is 12.2. The lowest BCUT2D eigenvalue weighted by molar-refractivity contribution is -0.131. The number of hydrogen-bond donors (Lipinski definition) is 2. The normalized spacial score (nSPS) is 12.3. The van der Waals surface area contributed by atoms with Crippen LogP contribution in [0.25, 0.3) is 6.08 Å². The molecule has 1 amide bonds. The standard InChI is InChI=1S/C16H21NO4/c1-11-4-5-13(6-7-15(18)19)10-14(11)16(20)17-12(2)8-9-21-3/h4-7,10,12H,8-9H2,1-3H3,(H,17,20)(H,18,19). The van der Waals surface area contributed by atoms with Crippen molar-refractivity contribution in [1.82, 2.24) is 5.32 Å². The monoisotopic (exact) mass is 291 g/mol. The van der Waals surface area contributed by atoms with Crippen LogP contribution in [-0.4, -0.2) is 36.7 Å². The number of ether oxygens (including phenoxy) is 1. The van der Waals surface area contributed by atoms with E-state index in [-0.39, 0.29) is 11.9 Å². The van der Waals surface area contributed by atoms with Crippen LogP contribution in [0.15, 0.2) is 24.3 Å².